The van der Waals surface area contributed by atoms with Crippen molar-refractivity contribution in [2.45, 2.75) is 32.4 Å². The molecule has 1 unspecified atom stereocenters. The minimum atomic E-state index is -0.200. The van der Waals surface area contributed by atoms with Crippen LogP contribution in [0.5, 0.6) is 0 Å². The van der Waals surface area contributed by atoms with Crippen LogP contribution in [0.4, 0.5) is 5.82 Å². The van der Waals surface area contributed by atoms with Gasteiger partial charge in [-0.1, -0.05) is 6.07 Å². The van der Waals surface area contributed by atoms with Gasteiger partial charge in [-0.25, -0.2) is 9.97 Å². The molecule has 7 heteroatoms. The van der Waals surface area contributed by atoms with E-state index in [4.69, 9.17) is 5.73 Å². The van der Waals surface area contributed by atoms with Gasteiger partial charge in [0.05, 0.1) is 11.6 Å². The number of fused-ring (bicyclic) bond motifs is 2. The van der Waals surface area contributed by atoms with Crippen molar-refractivity contribution in [2.75, 3.05) is 18.8 Å². The number of imidazole rings is 1. The first kappa shape index (κ1) is 17.2. The van der Waals surface area contributed by atoms with Crippen LogP contribution in [0.25, 0.3) is 33.3 Å². The Morgan fingerprint density at radius 2 is 2.11 bits per heavy atom. The highest BCUT2D eigenvalue weighted by molar-refractivity contribution is 5.95. The van der Waals surface area contributed by atoms with Crippen LogP contribution in [0.15, 0.2) is 30.3 Å². The predicted molar refractivity (Wildman–Crippen MR) is 111 cm³/mol. The average Bonchev–Trinajstić information content (AvgIpc) is 3.23. The second-order valence-electron chi connectivity index (χ2n) is 7.75. The summed E-state index contributed by atoms with van der Waals surface area (Å²) >= 11 is 0. The number of H-pyrrole nitrogens is 2. The van der Waals surface area contributed by atoms with Gasteiger partial charge in [-0.15, -0.1) is 0 Å². The molecular formula is C21H24N6O. The molecule has 0 saturated carbocycles. The van der Waals surface area contributed by atoms with Crippen LogP contribution in [-0.4, -0.2) is 49.1 Å². The fraction of sp³-hybridized carbons (Fsp3) is 0.333. The van der Waals surface area contributed by atoms with E-state index in [0.29, 0.717) is 11.5 Å². The summed E-state index contributed by atoms with van der Waals surface area (Å²) in [5.41, 5.74) is 11.8. The summed E-state index contributed by atoms with van der Waals surface area (Å²) in [7, 11) is 0. The normalized spacial score (nSPS) is 18.3. The smallest absolute Gasteiger partial charge is 0.180 e. The second kappa shape index (κ2) is 6.61. The fourth-order valence-electron chi connectivity index (χ4n) is 4.19. The Bertz CT molecular complexity index is 1160. The van der Waals surface area contributed by atoms with Crippen LogP contribution in [-0.2, 0) is 6.54 Å². The van der Waals surface area contributed by atoms with E-state index in [2.05, 4.69) is 49.1 Å². The zero-order chi connectivity index (χ0) is 19.3. The molecule has 1 aliphatic heterocycles. The fourth-order valence-corrected chi connectivity index (χ4v) is 4.19. The molecule has 1 aromatic carbocycles. The first-order chi connectivity index (χ1) is 13.5. The van der Waals surface area contributed by atoms with E-state index in [1.54, 1.807) is 0 Å². The number of aryl methyl sites for hydroxylation is 1. The Kier molecular flexibility index (Phi) is 4.07. The van der Waals surface area contributed by atoms with Gasteiger partial charge in [-0.2, -0.15) is 0 Å². The molecular weight excluding hydrogens is 352 g/mol. The summed E-state index contributed by atoms with van der Waals surface area (Å²) in [6.07, 6.45) is 1.77. The quantitative estimate of drug-likeness (QED) is 0.440. The molecule has 5 rings (SSSR count). The zero-order valence-electron chi connectivity index (χ0n) is 15.9. The Labute approximate surface area is 162 Å². The number of nitrogens with one attached hydrogen (secondary N) is 2. The van der Waals surface area contributed by atoms with E-state index in [9.17, 15) is 5.11 Å². The van der Waals surface area contributed by atoms with Gasteiger partial charge in [-0.05, 0) is 56.1 Å². The van der Waals surface area contributed by atoms with Gasteiger partial charge in [0.15, 0.2) is 5.65 Å². The van der Waals surface area contributed by atoms with Crippen molar-refractivity contribution in [1.82, 2.24) is 24.8 Å². The van der Waals surface area contributed by atoms with E-state index in [-0.39, 0.29) is 6.10 Å². The molecule has 4 heterocycles. The molecule has 4 aromatic rings. The highest BCUT2D eigenvalue weighted by Crippen LogP contribution is 2.31. The Morgan fingerprint density at radius 3 is 2.96 bits per heavy atom. The summed E-state index contributed by atoms with van der Waals surface area (Å²) in [6, 6.07) is 10.5. The number of aromatic amines is 2. The van der Waals surface area contributed by atoms with E-state index >= 15 is 0 Å². The third-order valence-electron chi connectivity index (χ3n) is 5.46. The van der Waals surface area contributed by atoms with Crippen LogP contribution < -0.4 is 5.73 Å². The Balaban J connectivity index is 1.50. The van der Waals surface area contributed by atoms with Crippen molar-refractivity contribution in [3.63, 3.8) is 0 Å². The number of nitrogen functional groups attached to an aromatic ring is 1. The van der Waals surface area contributed by atoms with Crippen LogP contribution in [0.1, 0.15) is 24.2 Å². The summed E-state index contributed by atoms with van der Waals surface area (Å²) in [5.74, 6) is 1.27. The predicted octanol–water partition coefficient (Wildman–Crippen LogP) is 2.95. The Hall–Kier alpha value is -2.90. The molecule has 0 amide bonds. The van der Waals surface area contributed by atoms with Crippen molar-refractivity contribution in [1.29, 1.82) is 0 Å². The third kappa shape index (κ3) is 3.12. The number of benzene rings is 1. The molecule has 0 bridgehead atoms. The number of anilines is 1. The second-order valence-corrected chi connectivity index (χ2v) is 7.75. The topological polar surface area (TPSA) is 107 Å². The number of hydrogen-bond donors (Lipinski definition) is 4. The maximum atomic E-state index is 9.90. The van der Waals surface area contributed by atoms with Crippen molar-refractivity contribution in [3.8, 4) is 11.3 Å². The number of nitrogens with zero attached hydrogens (tertiary/aromatic N) is 3. The molecule has 1 saturated heterocycles. The molecule has 1 aliphatic rings. The maximum absolute atomic E-state index is 9.90. The number of aliphatic hydroxyl groups is 1. The third-order valence-corrected chi connectivity index (χ3v) is 5.46. The number of β-amino-alcohol motifs (C(OH)–C–C–N with tert-alkyl or cyclic N) is 1. The first-order valence-electron chi connectivity index (χ1n) is 9.70. The number of rotatable bonds is 3. The van der Waals surface area contributed by atoms with Gasteiger partial charge in [0, 0.05) is 35.2 Å². The highest BCUT2D eigenvalue weighted by atomic mass is 16.3. The lowest BCUT2D eigenvalue weighted by Crippen LogP contribution is -2.37. The molecule has 0 radical (unpaired) electrons. The summed E-state index contributed by atoms with van der Waals surface area (Å²) in [6.45, 7) is 4.57. The number of nitrogens with two attached hydrogens (primary N) is 1. The standard InChI is InChI=1S/C21H24N6O/c1-12-23-20-16(9-19(22)26-21(20)24-12)18-8-14-7-13(4-5-17(14)25-18)10-27-6-2-3-15(28)11-27/h4-5,7-9,15,25,28H,2-3,6,10-11H2,1H3,(H3,22,23,24,26). The van der Waals surface area contributed by atoms with Crippen molar-refractivity contribution in [3.05, 3.63) is 41.7 Å². The van der Waals surface area contributed by atoms with Crippen LogP contribution in [0.3, 0.4) is 0 Å². The molecule has 5 N–H and O–H groups in total. The van der Waals surface area contributed by atoms with E-state index in [0.717, 1.165) is 66.0 Å². The minimum Gasteiger partial charge on any atom is -0.392 e. The number of aliphatic hydroxyl groups excluding tert-OH is 1. The van der Waals surface area contributed by atoms with Gasteiger partial charge in [0.25, 0.3) is 0 Å². The minimum absolute atomic E-state index is 0.200. The van der Waals surface area contributed by atoms with Crippen molar-refractivity contribution in [2.24, 2.45) is 0 Å². The Morgan fingerprint density at radius 1 is 1.21 bits per heavy atom. The number of hydrogen-bond acceptors (Lipinski definition) is 5. The summed E-state index contributed by atoms with van der Waals surface area (Å²) < 4.78 is 0. The molecule has 0 aliphatic carbocycles. The van der Waals surface area contributed by atoms with Crippen molar-refractivity contribution >= 4 is 27.9 Å². The van der Waals surface area contributed by atoms with Gasteiger partial charge in [0.2, 0.25) is 0 Å². The maximum Gasteiger partial charge on any atom is 0.180 e. The van der Waals surface area contributed by atoms with E-state index in [1.165, 1.54) is 5.56 Å². The van der Waals surface area contributed by atoms with Crippen LogP contribution in [0.2, 0.25) is 0 Å². The summed E-state index contributed by atoms with van der Waals surface area (Å²) in [5, 5.41) is 11.1. The number of aromatic nitrogens is 4. The SMILES string of the molecule is Cc1nc2nc(N)cc(-c3cc4cc(CN5CCCC(O)C5)ccc4[nH]3)c2[nH]1. The van der Waals surface area contributed by atoms with Gasteiger partial charge >= 0.3 is 0 Å². The van der Waals surface area contributed by atoms with Gasteiger partial charge < -0.3 is 20.8 Å². The molecule has 1 atom stereocenters. The number of pyridine rings is 1. The van der Waals surface area contributed by atoms with Crippen LogP contribution >= 0.6 is 0 Å². The lowest BCUT2D eigenvalue weighted by Gasteiger charge is -2.29. The first-order valence-corrected chi connectivity index (χ1v) is 9.70. The zero-order valence-corrected chi connectivity index (χ0v) is 15.9. The monoisotopic (exact) mass is 376 g/mol. The largest absolute Gasteiger partial charge is 0.392 e. The molecule has 0 spiro atoms. The average molecular weight is 376 g/mol. The number of piperidine rings is 1. The summed E-state index contributed by atoms with van der Waals surface area (Å²) in [4.78, 5) is 17.8. The molecule has 3 aromatic heterocycles. The molecule has 1 fully saturated rings. The van der Waals surface area contributed by atoms with E-state index in [1.807, 2.05) is 13.0 Å². The molecule has 7 nitrogen and oxygen atoms in total. The van der Waals surface area contributed by atoms with Gasteiger partial charge in [0.1, 0.15) is 11.6 Å². The van der Waals surface area contributed by atoms with E-state index < -0.39 is 0 Å². The lowest BCUT2D eigenvalue weighted by atomic mass is 10.1. The van der Waals surface area contributed by atoms with Crippen LogP contribution in [0, 0.1) is 6.92 Å². The van der Waals surface area contributed by atoms with Gasteiger partial charge in [-0.3, -0.25) is 4.90 Å². The van der Waals surface area contributed by atoms with Crippen molar-refractivity contribution < 1.29 is 5.11 Å². The lowest BCUT2D eigenvalue weighted by molar-refractivity contribution is 0.0668. The number of likely N-dealkylation sites (tertiary alicyclic amines) is 1. The highest BCUT2D eigenvalue weighted by Gasteiger charge is 2.18. The molecule has 28 heavy (non-hydrogen) atoms. The molecule has 144 valence electrons.